The predicted octanol–water partition coefficient (Wildman–Crippen LogP) is 6.22. The summed E-state index contributed by atoms with van der Waals surface area (Å²) >= 11 is 0. The van der Waals surface area contributed by atoms with Crippen LogP contribution in [0.4, 0.5) is 10.3 Å². The molecule has 0 saturated heterocycles. The van der Waals surface area contributed by atoms with E-state index in [-0.39, 0.29) is 17.7 Å². The molecule has 0 radical (unpaired) electrons. The summed E-state index contributed by atoms with van der Waals surface area (Å²) < 4.78 is 17.5. The molecule has 35 heavy (non-hydrogen) atoms. The summed E-state index contributed by atoms with van der Waals surface area (Å²) in [7, 11) is 0. The van der Waals surface area contributed by atoms with Crippen molar-refractivity contribution in [3.05, 3.63) is 108 Å². The van der Waals surface area contributed by atoms with Crippen LogP contribution in [0.3, 0.4) is 0 Å². The maximum atomic E-state index is 15.4. The lowest BCUT2D eigenvalue weighted by atomic mass is 9.68. The van der Waals surface area contributed by atoms with Gasteiger partial charge in [-0.3, -0.25) is 4.98 Å². The predicted molar refractivity (Wildman–Crippen MR) is 138 cm³/mol. The first kappa shape index (κ1) is 22.7. The largest absolute Gasteiger partial charge is 0.368 e. The molecule has 3 heterocycles. The van der Waals surface area contributed by atoms with Crippen LogP contribution in [0, 0.1) is 11.7 Å². The van der Waals surface area contributed by atoms with Crippen LogP contribution in [0.25, 0.3) is 22.0 Å². The van der Waals surface area contributed by atoms with E-state index in [9.17, 15) is 0 Å². The number of rotatable bonds is 6. The quantitative estimate of drug-likeness (QED) is 0.323. The molecule has 5 nitrogen and oxygen atoms in total. The summed E-state index contributed by atoms with van der Waals surface area (Å²) in [5, 5.41) is 0.663. The molecule has 5 rings (SSSR count). The molecule has 0 fully saturated rings. The Morgan fingerprint density at radius 2 is 1.66 bits per heavy atom. The number of hydrogen-bond acceptors (Lipinski definition) is 4. The monoisotopic (exact) mass is 465 g/mol. The third-order valence-corrected chi connectivity index (χ3v) is 7.12. The molecule has 6 heteroatoms. The van der Waals surface area contributed by atoms with Gasteiger partial charge >= 0.3 is 0 Å². The molecule has 2 aromatic carbocycles. The Morgan fingerprint density at radius 3 is 2.31 bits per heavy atom. The second-order valence-corrected chi connectivity index (χ2v) is 9.39. The Kier molecular flexibility index (Phi) is 5.81. The summed E-state index contributed by atoms with van der Waals surface area (Å²) in [6.07, 6.45) is 7.33. The molecule has 1 unspecified atom stereocenters. The molecule has 0 amide bonds. The van der Waals surface area contributed by atoms with E-state index in [1.54, 1.807) is 30.7 Å². The summed E-state index contributed by atoms with van der Waals surface area (Å²) in [5.74, 6) is 0.253. The van der Waals surface area contributed by atoms with Crippen LogP contribution in [0.2, 0.25) is 0 Å². The average molecular weight is 466 g/mol. The highest BCUT2D eigenvalue weighted by Crippen LogP contribution is 2.44. The fourth-order valence-electron chi connectivity index (χ4n) is 4.80. The number of nitrogens with two attached hydrogens (primary N) is 1. The van der Waals surface area contributed by atoms with Crippen LogP contribution in [0.15, 0.2) is 85.5 Å². The Balaban J connectivity index is 1.63. The number of fused-ring (bicyclic) bond motifs is 1. The fraction of sp³-hybridized carbons (Fsp3) is 0.207. The van der Waals surface area contributed by atoms with Gasteiger partial charge in [-0.15, -0.1) is 0 Å². The van der Waals surface area contributed by atoms with E-state index in [0.29, 0.717) is 11.9 Å². The van der Waals surface area contributed by atoms with Crippen molar-refractivity contribution in [1.29, 1.82) is 0 Å². The summed E-state index contributed by atoms with van der Waals surface area (Å²) in [5.41, 5.74) is 11.0. The van der Waals surface area contributed by atoms with Crippen LogP contribution in [0.5, 0.6) is 0 Å². The van der Waals surface area contributed by atoms with E-state index in [1.165, 1.54) is 0 Å². The molecule has 176 valence electrons. The highest BCUT2D eigenvalue weighted by Gasteiger charge is 2.36. The first-order chi connectivity index (χ1) is 16.9. The van der Waals surface area contributed by atoms with E-state index in [4.69, 9.17) is 5.73 Å². The first-order valence-corrected chi connectivity index (χ1v) is 11.7. The van der Waals surface area contributed by atoms with Crippen molar-refractivity contribution < 1.29 is 4.39 Å². The molecule has 0 aliphatic carbocycles. The van der Waals surface area contributed by atoms with Gasteiger partial charge in [-0.2, -0.15) is 0 Å². The van der Waals surface area contributed by atoms with E-state index >= 15 is 4.39 Å². The van der Waals surface area contributed by atoms with Crippen LogP contribution in [0.1, 0.15) is 37.6 Å². The van der Waals surface area contributed by atoms with Crippen LogP contribution >= 0.6 is 0 Å². The highest BCUT2D eigenvalue weighted by atomic mass is 19.1. The van der Waals surface area contributed by atoms with Crippen molar-refractivity contribution in [2.45, 2.75) is 32.7 Å². The maximum absolute atomic E-state index is 15.4. The minimum absolute atomic E-state index is 0.209. The molecular formula is C29H28FN5. The molecular weight excluding hydrogens is 437 g/mol. The SMILES string of the molecule is CC(C)C(C)(c1ccc(-c2cnc(N)nc2)cc1)c1cn(Cc2ccccn2)c2cccc(F)c12. The molecule has 0 spiro atoms. The van der Waals surface area contributed by atoms with E-state index in [0.717, 1.165) is 33.5 Å². The molecule has 0 bridgehead atoms. The van der Waals surface area contributed by atoms with E-state index in [2.05, 4.69) is 70.8 Å². The van der Waals surface area contributed by atoms with Crippen molar-refractivity contribution in [3.8, 4) is 11.1 Å². The standard InChI is InChI=1S/C29H28FN5/c1-19(2)29(3,22-12-10-20(11-13-22)21-15-33-28(31)34-16-21)24-18-35(17-23-7-4-5-14-32-23)26-9-6-8-25(30)27(24)26/h4-16,18-19H,17H2,1-3H3,(H2,31,33,34). The van der Waals surface area contributed by atoms with Gasteiger partial charge in [0.15, 0.2) is 0 Å². The number of halogens is 1. The van der Waals surface area contributed by atoms with Crippen LogP contribution in [-0.4, -0.2) is 19.5 Å². The zero-order chi connectivity index (χ0) is 24.6. The number of nitrogen functional groups attached to an aromatic ring is 1. The van der Waals surface area contributed by atoms with Gasteiger partial charge < -0.3 is 10.3 Å². The number of anilines is 1. The molecule has 0 aliphatic heterocycles. The second-order valence-electron chi connectivity index (χ2n) is 9.39. The fourth-order valence-corrected chi connectivity index (χ4v) is 4.80. The zero-order valence-electron chi connectivity index (χ0n) is 20.1. The van der Waals surface area contributed by atoms with Crippen molar-refractivity contribution in [2.75, 3.05) is 5.73 Å². The maximum Gasteiger partial charge on any atom is 0.219 e. The Hall–Kier alpha value is -4.06. The molecule has 2 N–H and O–H groups in total. The normalized spacial score (nSPS) is 13.3. The Bertz CT molecular complexity index is 1460. The van der Waals surface area contributed by atoms with Crippen molar-refractivity contribution >= 4 is 16.9 Å². The van der Waals surface area contributed by atoms with Gasteiger partial charge in [0.05, 0.1) is 17.8 Å². The van der Waals surface area contributed by atoms with Gasteiger partial charge in [0.25, 0.3) is 0 Å². The van der Waals surface area contributed by atoms with Crippen molar-refractivity contribution in [1.82, 2.24) is 19.5 Å². The third kappa shape index (κ3) is 4.05. The average Bonchev–Trinajstić information content (AvgIpc) is 3.24. The molecule has 5 aromatic rings. The van der Waals surface area contributed by atoms with Gasteiger partial charge in [-0.25, -0.2) is 14.4 Å². The minimum atomic E-state index is -0.425. The molecule has 0 aliphatic rings. The lowest BCUT2D eigenvalue weighted by Gasteiger charge is -2.35. The number of pyridine rings is 1. The summed E-state index contributed by atoms with van der Waals surface area (Å²) in [4.78, 5) is 12.7. The third-order valence-electron chi connectivity index (χ3n) is 7.12. The Labute approximate surface area is 204 Å². The first-order valence-electron chi connectivity index (χ1n) is 11.7. The van der Waals surface area contributed by atoms with Gasteiger partial charge in [0.2, 0.25) is 5.95 Å². The zero-order valence-corrected chi connectivity index (χ0v) is 20.1. The van der Waals surface area contributed by atoms with Crippen LogP contribution < -0.4 is 5.73 Å². The van der Waals surface area contributed by atoms with Crippen molar-refractivity contribution in [3.63, 3.8) is 0 Å². The topological polar surface area (TPSA) is 69.6 Å². The summed E-state index contributed by atoms with van der Waals surface area (Å²) in [6, 6.07) is 19.5. The number of aromatic nitrogens is 4. The molecule has 1 atom stereocenters. The lowest BCUT2D eigenvalue weighted by molar-refractivity contribution is 0.406. The van der Waals surface area contributed by atoms with Gasteiger partial charge in [-0.05, 0) is 46.9 Å². The van der Waals surface area contributed by atoms with E-state index in [1.807, 2.05) is 24.3 Å². The van der Waals surface area contributed by atoms with Gasteiger partial charge in [-0.1, -0.05) is 57.2 Å². The second kappa shape index (κ2) is 8.95. The van der Waals surface area contributed by atoms with E-state index < -0.39 is 5.41 Å². The smallest absolute Gasteiger partial charge is 0.219 e. The summed E-state index contributed by atoms with van der Waals surface area (Å²) in [6.45, 7) is 7.14. The highest BCUT2D eigenvalue weighted by molar-refractivity contribution is 5.86. The minimum Gasteiger partial charge on any atom is -0.368 e. The van der Waals surface area contributed by atoms with Crippen LogP contribution in [-0.2, 0) is 12.0 Å². The number of nitrogens with zero attached hydrogens (tertiary/aromatic N) is 4. The lowest BCUT2D eigenvalue weighted by Crippen LogP contribution is -2.30. The van der Waals surface area contributed by atoms with Gasteiger partial charge in [0, 0.05) is 41.2 Å². The molecule has 3 aromatic heterocycles. The van der Waals surface area contributed by atoms with Crippen molar-refractivity contribution in [2.24, 2.45) is 5.92 Å². The molecule has 0 saturated carbocycles. The van der Waals surface area contributed by atoms with Gasteiger partial charge in [0.1, 0.15) is 5.82 Å². The number of benzene rings is 2. The number of hydrogen-bond donors (Lipinski definition) is 1. The Morgan fingerprint density at radius 1 is 0.914 bits per heavy atom.